The van der Waals surface area contributed by atoms with E-state index >= 15 is 0 Å². The van der Waals surface area contributed by atoms with E-state index in [4.69, 9.17) is 4.99 Å². The molecule has 1 amide bonds. The van der Waals surface area contributed by atoms with Crippen molar-refractivity contribution in [3.63, 3.8) is 0 Å². The highest BCUT2D eigenvalue weighted by Gasteiger charge is 2.32. The fraction of sp³-hybridized carbons (Fsp3) is 0.467. The minimum atomic E-state index is -0.453. The summed E-state index contributed by atoms with van der Waals surface area (Å²) in [6, 6.07) is 8.07. The molecule has 0 aromatic heterocycles. The van der Waals surface area contributed by atoms with Gasteiger partial charge >= 0.3 is 0 Å². The normalized spacial score (nSPS) is 19.6. The van der Waals surface area contributed by atoms with Gasteiger partial charge in [0.15, 0.2) is 0 Å². The standard InChI is InChI=1S/C15H20BrN3O/c1-12(13-3-5-14(16)6-4-13)18-15(17-11-20)7-9-19(2)10-8-15/h3-6,11H,7-10H2,1-2H3,(H,17,20). The first kappa shape index (κ1) is 15.2. The largest absolute Gasteiger partial charge is 0.334 e. The van der Waals surface area contributed by atoms with Gasteiger partial charge in [0.1, 0.15) is 5.66 Å². The zero-order chi connectivity index (χ0) is 14.6. The summed E-state index contributed by atoms with van der Waals surface area (Å²) in [7, 11) is 2.09. The van der Waals surface area contributed by atoms with Gasteiger partial charge in [0.25, 0.3) is 0 Å². The Morgan fingerprint density at radius 3 is 2.50 bits per heavy atom. The zero-order valence-corrected chi connectivity index (χ0v) is 13.5. The van der Waals surface area contributed by atoms with Crippen LogP contribution in [0.4, 0.5) is 0 Å². The van der Waals surface area contributed by atoms with Crippen LogP contribution in [0.2, 0.25) is 0 Å². The van der Waals surface area contributed by atoms with Gasteiger partial charge in [-0.2, -0.15) is 0 Å². The van der Waals surface area contributed by atoms with Crippen molar-refractivity contribution in [1.82, 2.24) is 10.2 Å². The molecule has 1 aromatic rings. The van der Waals surface area contributed by atoms with Crippen LogP contribution in [-0.2, 0) is 4.79 Å². The first-order valence-electron chi connectivity index (χ1n) is 6.77. The highest BCUT2D eigenvalue weighted by atomic mass is 79.9. The molecule has 1 aliphatic heterocycles. The Morgan fingerprint density at radius 1 is 1.35 bits per heavy atom. The molecule has 20 heavy (non-hydrogen) atoms. The summed E-state index contributed by atoms with van der Waals surface area (Å²) in [5.41, 5.74) is 1.58. The summed E-state index contributed by atoms with van der Waals surface area (Å²) < 4.78 is 1.05. The topological polar surface area (TPSA) is 44.7 Å². The molecule has 1 aromatic carbocycles. The second-order valence-electron chi connectivity index (χ2n) is 5.30. The van der Waals surface area contributed by atoms with Gasteiger partial charge in [-0.25, -0.2) is 0 Å². The fourth-order valence-corrected chi connectivity index (χ4v) is 2.73. The zero-order valence-electron chi connectivity index (χ0n) is 11.9. The molecule has 0 aliphatic carbocycles. The predicted molar refractivity (Wildman–Crippen MR) is 85.0 cm³/mol. The number of hydrogen-bond acceptors (Lipinski definition) is 3. The molecule has 0 saturated carbocycles. The molecule has 2 rings (SSSR count). The number of carbonyl (C=O) groups excluding carboxylic acids is 1. The van der Waals surface area contributed by atoms with Crippen LogP contribution in [0.1, 0.15) is 25.3 Å². The SMILES string of the molecule is CC(=NC1(NC=O)CCN(C)CC1)c1ccc(Br)cc1. The molecular formula is C15H20BrN3O. The van der Waals surface area contributed by atoms with E-state index in [9.17, 15) is 4.79 Å². The van der Waals surface area contributed by atoms with Crippen LogP contribution in [0.5, 0.6) is 0 Å². The van der Waals surface area contributed by atoms with Crippen molar-refractivity contribution in [3.8, 4) is 0 Å². The Labute approximate surface area is 128 Å². The number of benzene rings is 1. The smallest absolute Gasteiger partial charge is 0.208 e. The van der Waals surface area contributed by atoms with E-state index in [1.807, 2.05) is 31.2 Å². The summed E-state index contributed by atoms with van der Waals surface area (Å²) >= 11 is 3.43. The van der Waals surface area contributed by atoms with Crippen LogP contribution < -0.4 is 5.32 Å². The van der Waals surface area contributed by atoms with Crippen molar-refractivity contribution in [3.05, 3.63) is 34.3 Å². The number of piperidine rings is 1. The molecular weight excluding hydrogens is 318 g/mol. The third-order valence-corrected chi connectivity index (χ3v) is 4.31. The fourth-order valence-electron chi connectivity index (χ4n) is 2.46. The Balaban J connectivity index is 2.23. The second kappa shape index (κ2) is 6.50. The van der Waals surface area contributed by atoms with Crippen LogP contribution in [0, 0.1) is 0 Å². The number of halogens is 1. The number of nitrogens with one attached hydrogen (secondary N) is 1. The molecule has 1 N–H and O–H groups in total. The minimum absolute atomic E-state index is 0.453. The third kappa shape index (κ3) is 3.67. The third-order valence-electron chi connectivity index (χ3n) is 3.79. The maximum absolute atomic E-state index is 10.9. The summed E-state index contributed by atoms with van der Waals surface area (Å²) in [5, 5.41) is 2.93. The van der Waals surface area contributed by atoms with E-state index in [-0.39, 0.29) is 0 Å². The number of hydrogen-bond donors (Lipinski definition) is 1. The Hall–Kier alpha value is -1.20. The average Bonchev–Trinajstić information content (AvgIpc) is 2.43. The van der Waals surface area contributed by atoms with Crippen molar-refractivity contribution < 1.29 is 4.79 Å². The molecule has 4 nitrogen and oxygen atoms in total. The predicted octanol–water partition coefficient (Wildman–Crippen LogP) is 2.43. The van der Waals surface area contributed by atoms with Gasteiger partial charge < -0.3 is 10.2 Å². The van der Waals surface area contributed by atoms with Gasteiger partial charge in [0.2, 0.25) is 6.41 Å². The quantitative estimate of drug-likeness (QED) is 0.677. The summed E-state index contributed by atoms with van der Waals surface area (Å²) in [6.45, 7) is 3.88. The van der Waals surface area contributed by atoms with Gasteiger partial charge in [-0.05, 0) is 31.7 Å². The Morgan fingerprint density at radius 2 is 1.95 bits per heavy atom. The van der Waals surface area contributed by atoms with E-state index in [0.29, 0.717) is 0 Å². The minimum Gasteiger partial charge on any atom is -0.334 e. The summed E-state index contributed by atoms with van der Waals surface area (Å²) in [4.78, 5) is 18.0. The van der Waals surface area contributed by atoms with Gasteiger partial charge in [-0.15, -0.1) is 0 Å². The van der Waals surface area contributed by atoms with E-state index in [2.05, 4.69) is 33.2 Å². The first-order chi connectivity index (χ1) is 9.54. The lowest BCUT2D eigenvalue weighted by Crippen LogP contribution is -2.51. The first-order valence-corrected chi connectivity index (χ1v) is 7.56. The second-order valence-corrected chi connectivity index (χ2v) is 6.22. The average molecular weight is 338 g/mol. The molecule has 1 saturated heterocycles. The number of rotatable bonds is 4. The van der Waals surface area contributed by atoms with Crippen LogP contribution in [0.3, 0.4) is 0 Å². The van der Waals surface area contributed by atoms with E-state index in [1.165, 1.54) is 0 Å². The Kier molecular flexibility index (Phi) is 4.94. The summed E-state index contributed by atoms with van der Waals surface area (Å²) in [5.74, 6) is 0. The lowest BCUT2D eigenvalue weighted by atomic mass is 9.97. The van der Waals surface area contributed by atoms with Crippen molar-refractivity contribution in [2.45, 2.75) is 25.4 Å². The molecule has 108 valence electrons. The molecule has 0 unspecified atom stereocenters. The molecule has 5 heteroatoms. The maximum Gasteiger partial charge on any atom is 0.208 e. The van der Waals surface area contributed by atoms with E-state index < -0.39 is 5.66 Å². The highest BCUT2D eigenvalue weighted by Crippen LogP contribution is 2.24. The number of nitrogens with zero attached hydrogens (tertiary/aromatic N) is 2. The molecule has 1 heterocycles. The lowest BCUT2D eigenvalue weighted by molar-refractivity contribution is -0.111. The van der Waals surface area contributed by atoms with Crippen LogP contribution in [0.15, 0.2) is 33.7 Å². The molecule has 0 atom stereocenters. The monoisotopic (exact) mass is 337 g/mol. The molecule has 0 spiro atoms. The molecule has 1 fully saturated rings. The van der Waals surface area contributed by atoms with Crippen molar-refractivity contribution in [1.29, 1.82) is 0 Å². The number of aliphatic imine (C=N–C) groups is 1. The molecule has 0 radical (unpaired) electrons. The number of likely N-dealkylation sites (tertiary alicyclic amines) is 1. The van der Waals surface area contributed by atoms with Crippen LogP contribution in [0.25, 0.3) is 0 Å². The molecule has 0 bridgehead atoms. The van der Waals surface area contributed by atoms with Gasteiger partial charge in [0, 0.05) is 36.1 Å². The molecule has 1 aliphatic rings. The lowest BCUT2D eigenvalue weighted by Gasteiger charge is -2.37. The van der Waals surface area contributed by atoms with Crippen molar-refractivity contribution in [2.75, 3.05) is 20.1 Å². The highest BCUT2D eigenvalue weighted by molar-refractivity contribution is 9.10. The maximum atomic E-state index is 10.9. The van der Waals surface area contributed by atoms with Gasteiger partial charge in [0.05, 0.1) is 0 Å². The Bertz CT molecular complexity index is 490. The van der Waals surface area contributed by atoms with Crippen molar-refractivity contribution in [2.24, 2.45) is 4.99 Å². The number of carbonyl (C=O) groups is 1. The summed E-state index contributed by atoms with van der Waals surface area (Å²) in [6.07, 6.45) is 2.45. The van der Waals surface area contributed by atoms with Crippen LogP contribution in [-0.4, -0.2) is 42.8 Å². The van der Waals surface area contributed by atoms with Crippen molar-refractivity contribution >= 4 is 28.1 Å². The number of amides is 1. The van der Waals surface area contributed by atoms with Gasteiger partial charge in [-0.3, -0.25) is 9.79 Å². The van der Waals surface area contributed by atoms with Crippen LogP contribution >= 0.6 is 15.9 Å². The van der Waals surface area contributed by atoms with E-state index in [1.54, 1.807) is 0 Å². The van der Waals surface area contributed by atoms with Gasteiger partial charge in [-0.1, -0.05) is 28.1 Å². The van der Waals surface area contributed by atoms with E-state index in [0.717, 1.165) is 48.1 Å².